The average Bonchev–Trinajstić information content (AvgIpc) is 3.32. The number of phenolic OH excluding ortho intramolecular Hbond substituents is 1. The summed E-state index contributed by atoms with van der Waals surface area (Å²) in [6.45, 7) is 0. The van der Waals surface area contributed by atoms with E-state index in [1.54, 1.807) is 40.6 Å². The number of phenols is 1. The van der Waals surface area contributed by atoms with E-state index in [0.29, 0.717) is 40.7 Å². The summed E-state index contributed by atoms with van der Waals surface area (Å²) in [5.74, 6) is 3.04. The van der Waals surface area contributed by atoms with Crippen molar-refractivity contribution in [3.63, 3.8) is 0 Å². The van der Waals surface area contributed by atoms with Gasteiger partial charge in [0.15, 0.2) is 23.0 Å². The van der Waals surface area contributed by atoms with E-state index in [0.717, 1.165) is 16.8 Å². The SMILES string of the molecule is COc1cc([C@H]2Oc3c(OC)cccc3[C@H]3CC(c4ccccc4O)=NN32)cc(OC)c1OC. The predicted molar refractivity (Wildman–Crippen MR) is 126 cm³/mol. The summed E-state index contributed by atoms with van der Waals surface area (Å²) in [6, 6.07) is 16.7. The molecule has 0 spiro atoms. The Morgan fingerprint density at radius 1 is 0.882 bits per heavy atom. The third kappa shape index (κ3) is 3.42. The molecule has 0 saturated carbocycles. The fraction of sp³-hybridized carbons (Fsp3) is 0.269. The molecule has 3 aromatic carbocycles. The Kier molecular flexibility index (Phi) is 5.57. The van der Waals surface area contributed by atoms with Crippen LogP contribution in [0.4, 0.5) is 0 Å². The van der Waals surface area contributed by atoms with Gasteiger partial charge >= 0.3 is 0 Å². The van der Waals surface area contributed by atoms with Crippen molar-refractivity contribution in [1.82, 2.24) is 5.01 Å². The zero-order valence-corrected chi connectivity index (χ0v) is 19.4. The van der Waals surface area contributed by atoms with Crippen LogP contribution in [0.3, 0.4) is 0 Å². The minimum absolute atomic E-state index is 0.113. The van der Waals surface area contributed by atoms with Crippen LogP contribution in [0.5, 0.6) is 34.5 Å². The number of rotatable bonds is 6. The van der Waals surface area contributed by atoms with E-state index in [-0.39, 0.29) is 11.8 Å². The van der Waals surface area contributed by atoms with Gasteiger partial charge in [0, 0.05) is 23.1 Å². The monoisotopic (exact) mass is 462 g/mol. The second kappa shape index (κ2) is 8.70. The molecule has 0 unspecified atom stereocenters. The highest BCUT2D eigenvalue weighted by Gasteiger charge is 2.43. The molecule has 1 N–H and O–H groups in total. The highest BCUT2D eigenvalue weighted by atomic mass is 16.5. The van der Waals surface area contributed by atoms with Gasteiger partial charge in [-0.3, -0.25) is 0 Å². The molecular weight excluding hydrogens is 436 g/mol. The van der Waals surface area contributed by atoms with Crippen molar-refractivity contribution < 1.29 is 28.8 Å². The minimum atomic E-state index is -0.592. The van der Waals surface area contributed by atoms with Crippen LogP contribution < -0.4 is 23.7 Å². The summed E-state index contributed by atoms with van der Waals surface area (Å²) in [7, 11) is 6.35. The van der Waals surface area contributed by atoms with E-state index >= 15 is 0 Å². The van der Waals surface area contributed by atoms with Crippen molar-refractivity contribution in [1.29, 1.82) is 0 Å². The number of para-hydroxylation sites is 2. The molecule has 0 amide bonds. The molecule has 176 valence electrons. The van der Waals surface area contributed by atoms with Crippen LogP contribution in [-0.2, 0) is 0 Å². The van der Waals surface area contributed by atoms with Crippen molar-refractivity contribution in [2.45, 2.75) is 18.7 Å². The number of hydrogen-bond acceptors (Lipinski definition) is 8. The number of hydrogen-bond donors (Lipinski definition) is 1. The highest BCUT2D eigenvalue weighted by molar-refractivity contribution is 6.04. The smallest absolute Gasteiger partial charge is 0.214 e. The Labute approximate surface area is 197 Å². The van der Waals surface area contributed by atoms with Gasteiger partial charge in [0.2, 0.25) is 12.0 Å². The Morgan fingerprint density at radius 3 is 2.24 bits per heavy atom. The summed E-state index contributed by atoms with van der Waals surface area (Å²) in [6.07, 6.45) is 0.00744. The number of methoxy groups -OCH3 is 4. The van der Waals surface area contributed by atoms with Gasteiger partial charge in [-0.05, 0) is 30.3 Å². The summed E-state index contributed by atoms with van der Waals surface area (Å²) in [4.78, 5) is 0. The van der Waals surface area contributed by atoms with Crippen LogP contribution in [0.15, 0.2) is 59.7 Å². The van der Waals surface area contributed by atoms with Crippen LogP contribution in [-0.4, -0.2) is 44.3 Å². The molecule has 5 rings (SSSR count). The summed E-state index contributed by atoms with van der Waals surface area (Å²) < 4.78 is 28.8. The first-order chi connectivity index (χ1) is 16.6. The number of hydrazone groups is 1. The largest absolute Gasteiger partial charge is 0.507 e. The fourth-order valence-electron chi connectivity index (χ4n) is 4.59. The maximum atomic E-state index is 10.5. The quantitative estimate of drug-likeness (QED) is 0.570. The molecule has 2 atom stereocenters. The van der Waals surface area contributed by atoms with Crippen molar-refractivity contribution in [3.05, 3.63) is 71.3 Å². The van der Waals surface area contributed by atoms with Crippen LogP contribution in [0.25, 0.3) is 0 Å². The molecule has 8 heteroatoms. The van der Waals surface area contributed by atoms with Gasteiger partial charge in [0.1, 0.15) is 5.75 Å². The first-order valence-corrected chi connectivity index (χ1v) is 10.9. The third-order valence-corrected chi connectivity index (χ3v) is 6.19. The predicted octanol–water partition coefficient (Wildman–Crippen LogP) is 4.67. The lowest BCUT2D eigenvalue weighted by Crippen LogP contribution is -2.34. The van der Waals surface area contributed by atoms with Crippen molar-refractivity contribution in [3.8, 4) is 34.5 Å². The number of fused-ring (bicyclic) bond motifs is 3. The van der Waals surface area contributed by atoms with Crippen molar-refractivity contribution in [2.75, 3.05) is 28.4 Å². The number of benzene rings is 3. The van der Waals surface area contributed by atoms with Gasteiger partial charge in [0.25, 0.3) is 0 Å². The Balaban J connectivity index is 1.67. The summed E-state index contributed by atoms with van der Waals surface area (Å²) in [5.41, 5.74) is 3.22. The summed E-state index contributed by atoms with van der Waals surface area (Å²) >= 11 is 0. The van der Waals surface area contributed by atoms with E-state index in [4.69, 9.17) is 28.8 Å². The van der Waals surface area contributed by atoms with Crippen molar-refractivity contribution >= 4 is 5.71 Å². The Hall–Kier alpha value is -4.07. The molecule has 0 aromatic heterocycles. The molecule has 2 heterocycles. The van der Waals surface area contributed by atoms with Crippen LogP contribution in [0.2, 0.25) is 0 Å². The molecule has 0 fully saturated rings. The van der Waals surface area contributed by atoms with E-state index < -0.39 is 6.23 Å². The first-order valence-electron chi connectivity index (χ1n) is 10.9. The van der Waals surface area contributed by atoms with E-state index in [9.17, 15) is 5.11 Å². The second-order valence-corrected chi connectivity index (χ2v) is 7.97. The minimum Gasteiger partial charge on any atom is -0.507 e. The maximum Gasteiger partial charge on any atom is 0.214 e. The molecule has 0 bridgehead atoms. The van der Waals surface area contributed by atoms with Gasteiger partial charge in [-0.1, -0.05) is 24.3 Å². The zero-order chi connectivity index (χ0) is 23.8. The molecule has 8 nitrogen and oxygen atoms in total. The zero-order valence-electron chi connectivity index (χ0n) is 19.4. The number of aromatic hydroxyl groups is 1. The van der Waals surface area contributed by atoms with Gasteiger partial charge < -0.3 is 28.8 Å². The van der Waals surface area contributed by atoms with Gasteiger partial charge in [-0.25, -0.2) is 5.01 Å². The lowest BCUT2D eigenvalue weighted by atomic mass is 9.95. The van der Waals surface area contributed by atoms with E-state index in [2.05, 4.69) is 0 Å². The lowest BCUT2D eigenvalue weighted by molar-refractivity contribution is -0.0211. The van der Waals surface area contributed by atoms with Gasteiger partial charge in [0.05, 0.1) is 40.2 Å². The van der Waals surface area contributed by atoms with Crippen LogP contribution >= 0.6 is 0 Å². The summed E-state index contributed by atoms with van der Waals surface area (Å²) in [5, 5.41) is 17.3. The highest BCUT2D eigenvalue weighted by Crippen LogP contribution is 2.52. The average molecular weight is 463 g/mol. The van der Waals surface area contributed by atoms with Gasteiger partial charge in [-0.15, -0.1) is 0 Å². The Bertz CT molecular complexity index is 1230. The number of ether oxygens (including phenoxy) is 5. The molecule has 2 aliphatic heterocycles. The first kappa shape index (κ1) is 21.8. The standard InChI is InChI=1S/C26H26N2O6/c1-30-21-11-7-9-17-19-14-18(16-8-5-6-10-20(16)29)27-28(19)26(34-24(17)21)15-12-22(31-2)25(33-4)23(13-15)32-3/h5-13,19,26,29H,14H2,1-4H3/t19-,26-/m1/s1. The maximum absolute atomic E-state index is 10.5. The molecule has 34 heavy (non-hydrogen) atoms. The molecular formula is C26H26N2O6. The van der Waals surface area contributed by atoms with E-state index in [1.807, 2.05) is 47.5 Å². The van der Waals surface area contributed by atoms with E-state index in [1.165, 1.54) is 0 Å². The normalized spacial score (nSPS) is 18.4. The molecule has 0 aliphatic carbocycles. The Morgan fingerprint density at radius 2 is 1.59 bits per heavy atom. The number of nitrogens with zero attached hydrogens (tertiary/aromatic N) is 2. The second-order valence-electron chi connectivity index (χ2n) is 7.97. The molecule has 0 radical (unpaired) electrons. The van der Waals surface area contributed by atoms with Crippen molar-refractivity contribution in [2.24, 2.45) is 5.10 Å². The molecule has 0 saturated heterocycles. The molecule has 2 aliphatic rings. The lowest BCUT2D eigenvalue weighted by Gasteiger charge is -2.38. The third-order valence-electron chi connectivity index (χ3n) is 6.19. The van der Waals surface area contributed by atoms with Crippen LogP contribution in [0.1, 0.15) is 35.4 Å². The van der Waals surface area contributed by atoms with Crippen LogP contribution in [0, 0.1) is 0 Å². The molecule has 3 aromatic rings. The fourth-order valence-corrected chi connectivity index (χ4v) is 4.59. The van der Waals surface area contributed by atoms with Gasteiger partial charge in [-0.2, -0.15) is 5.10 Å². The topological polar surface area (TPSA) is 82.0 Å².